The van der Waals surface area contributed by atoms with Gasteiger partial charge in [0, 0.05) is 25.9 Å². The van der Waals surface area contributed by atoms with Crippen molar-refractivity contribution >= 4 is 88.6 Å². The van der Waals surface area contributed by atoms with Gasteiger partial charge in [-0.2, -0.15) is 11.8 Å². The molecular formula is C58H94N14O17S. The standard InChI is InChI=1S/C58H94N14O17S/c1-6-33(4)47(56(87)62-28-45(76)63-38(26-32(2)3)50(81)64-36(48(61)79)21-25-90-5)70-51(82)39(27-34-14-8-7-9-15-34)66-49(80)37(19-20-46(77)78)65-52(83)40(29-73)67-53(84)41(30-74)68-54(85)42(31-75)69-55(86)43-17-12-23-71(43)58(89)44-18-13-24-72(44)57(88)35(60)16-10-11-22-59/h7-9,14-15,32-33,35-44,47,73-75H,6,10-13,16-31,59-60H2,1-5H3,(H2,61,79)(H,62,87)(H,63,76)(H,64,81)(H,65,83)(H,66,80)(H,67,84)(H,68,85)(H,69,86)(H,70,82)(H,77,78)/t33-,35-,36-,37-,38-,39-,40-,41-,42-,43-,44-,47-/m0/s1. The van der Waals surface area contributed by atoms with Crippen LogP contribution in [0.1, 0.15) is 110 Å². The van der Waals surface area contributed by atoms with E-state index in [0.717, 1.165) is 0 Å². The molecule has 504 valence electrons. The highest BCUT2D eigenvalue weighted by Crippen LogP contribution is 2.26. The molecule has 0 spiro atoms. The highest BCUT2D eigenvalue weighted by Gasteiger charge is 2.44. The Labute approximate surface area is 527 Å². The van der Waals surface area contributed by atoms with E-state index in [1.54, 1.807) is 44.2 Å². The number of carbonyl (C=O) groups excluding carboxylic acids is 12. The number of nitrogens with zero attached hydrogens (tertiary/aromatic N) is 2. The SMILES string of the molecule is CC[C@H](C)[C@H](NC(=O)[C@H](Cc1ccccc1)NC(=O)[C@H](CCC(=O)O)NC(=O)[C@H](CO)NC(=O)[C@H](CO)NC(=O)[C@H](CO)NC(=O)[C@@H]1CCCN1C(=O)[C@@H]1CCCN1C(=O)[C@@H](N)CCCCN)C(=O)NCC(=O)N[C@@H](CC(C)C)C(=O)N[C@@H](CCSC)C(N)=O. The molecule has 12 amide bonds. The molecule has 32 heteroatoms. The van der Waals surface area contributed by atoms with Crippen LogP contribution in [-0.4, -0.2) is 232 Å². The van der Waals surface area contributed by atoms with Crippen LogP contribution in [0.2, 0.25) is 0 Å². The smallest absolute Gasteiger partial charge is 0.303 e. The van der Waals surface area contributed by atoms with Crippen LogP contribution in [0.25, 0.3) is 0 Å². The number of primary amides is 1. The zero-order valence-electron chi connectivity index (χ0n) is 51.9. The van der Waals surface area contributed by atoms with Crippen molar-refractivity contribution in [2.45, 2.75) is 178 Å². The Hall–Kier alpha value is -7.52. The number of rotatable bonds is 40. The molecule has 2 heterocycles. The second-order valence-electron chi connectivity index (χ2n) is 22.8. The highest BCUT2D eigenvalue weighted by atomic mass is 32.2. The van der Waals surface area contributed by atoms with E-state index < -0.39 is 188 Å². The number of thioether (sulfide) groups is 1. The van der Waals surface area contributed by atoms with Gasteiger partial charge in [-0.05, 0) is 93.7 Å². The van der Waals surface area contributed by atoms with Gasteiger partial charge in [0.1, 0.15) is 60.4 Å². The molecule has 19 N–H and O–H groups in total. The van der Waals surface area contributed by atoms with Gasteiger partial charge in [-0.15, -0.1) is 0 Å². The van der Waals surface area contributed by atoms with Crippen molar-refractivity contribution < 1.29 is 82.8 Å². The number of hydrogen-bond acceptors (Lipinski definition) is 19. The molecule has 2 saturated heterocycles. The number of nitrogens with two attached hydrogens (primary N) is 3. The van der Waals surface area contributed by atoms with Gasteiger partial charge in [-0.3, -0.25) is 62.3 Å². The number of amides is 12. The van der Waals surface area contributed by atoms with Crippen LogP contribution in [0.3, 0.4) is 0 Å². The van der Waals surface area contributed by atoms with E-state index in [-0.39, 0.29) is 44.7 Å². The predicted molar refractivity (Wildman–Crippen MR) is 328 cm³/mol. The van der Waals surface area contributed by atoms with E-state index in [1.165, 1.54) is 21.6 Å². The summed E-state index contributed by atoms with van der Waals surface area (Å²) >= 11 is 1.44. The van der Waals surface area contributed by atoms with Gasteiger partial charge in [0.15, 0.2) is 0 Å². The average Bonchev–Trinajstić information content (AvgIpc) is 1.73. The Kier molecular flexibility index (Phi) is 33.7. The molecule has 0 unspecified atom stereocenters. The predicted octanol–water partition coefficient (Wildman–Crippen LogP) is -5.17. The molecular weight excluding hydrogens is 1200 g/mol. The lowest BCUT2D eigenvalue weighted by atomic mass is 9.97. The van der Waals surface area contributed by atoms with Crippen molar-refractivity contribution in [3.8, 4) is 0 Å². The second-order valence-corrected chi connectivity index (χ2v) is 23.8. The van der Waals surface area contributed by atoms with E-state index in [9.17, 15) is 82.8 Å². The molecule has 3 rings (SSSR count). The summed E-state index contributed by atoms with van der Waals surface area (Å²) in [5.74, 6) is -12.1. The zero-order chi connectivity index (χ0) is 67.2. The number of aliphatic hydroxyl groups is 3. The first-order valence-electron chi connectivity index (χ1n) is 30.4. The lowest BCUT2D eigenvalue weighted by molar-refractivity contribution is -0.147. The molecule has 0 aromatic heterocycles. The van der Waals surface area contributed by atoms with Gasteiger partial charge >= 0.3 is 5.97 Å². The van der Waals surface area contributed by atoms with Crippen molar-refractivity contribution in [1.82, 2.24) is 57.7 Å². The van der Waals surface area contributed by atoms with E-state index in [1.807, 2.05) is 20.1 Å². The second kappa shape index (κ2) is 39.6. The number of aliphatic carboxylic acids is 1. The first-order valence-corrected chi connectivity index (χ1v) is 31.8. The minimum Gasteiger partial charge on any atom is -0.481 e. The van der Waals surface area contributed by atoms with E-state index in [4.69, 9.17) is 17.2 Å². The minimum atomic E-state index is -1.94. The molecule has 31 nitrogen and oxygen atoms in total. The van der Waals surface area contributed by atoms with Gasteiger partial charge in [-0.1, -0.05) is 70.9 Å². The van der Waals surface area contributed by atoms with Crippen LogP contribution in [0.15, 0.2) is 30.3 Å². The van der Waals surface area contributed by atoms with Crippen LogP contribution in [0.4, 0.5) is 0 Å². The first-order chi connectivity index (χ1) is 42.7. The van der Waals surface area contributed by atoms with Crippen molar-refractivity contribution in [2.24, 2.45) is 29.0 Å². The fraction of sp³-hybridized carbons (Fsp3) is 0.672. The van der Waals surface area contributed by atoms with Gasteiger partial charge in [-0.25, -0.2) is 0 Å². The normalized spacial score (nSPS) is 17.9. The molecule has 0 saturated carbocycles. The molecule has 1 aromatic carbocycles. The summed E-state index contributed by atoms with van der Waals surface area (Å²) in [7, 11) is 0. The number of nitrogens with one attached hydrogen (secondary N) is 9. The Balaban J connectivity index is 1.74. The number of carbonyl (C=O) groups is 13. The third kappa shape index (κ3) is 24.7. The summed E-state index contributed by atoms with van der Waals surface area (Å²) in [6.07, 6.45) is 4.07. The third-order valence-corrected chi connectivity index (χ3v) is 16.1. The Morgan fingerprint density at radius 3 is 1.69 bits per heavy atom. The summed E-state index contributed by atoms with van der Waals surface area (Å²) in [5, 5.41) is 62.1. The van der Waals surface area contributed by atoms with Crippen LogP contribution >= 0.6 is 11.8 Å². The average molecular weight is 1290 g/mol. The molecule has 1 aromatic rings. The number of likely N-dealkylation sites (tertiary alicyclic amines) is 2. The summed E-state index contributed by atoms with van der Waals surface area (Å²) in [6, 6.07) is -6.94. The van der Waals surface area contributed by atoms with Crippen LogP contribution in [0.5, 0.6) is 0 Å². The molecule has 0 radical (unpaired) electrons. The van der Waals surface area contributed by atoms with Crippen LogP contribution in [-0.2, 0) is 68.7 Å². The van der Waals surface area contributed by atoms with Gasteiger partial charge in [0.25, 0.3) is 0 Å². The van der Waals surface area contributed by atoms with Gasteiger partial charge in [0.05, 0.1) is 32.4 Å². The maximum Gasteiger partial charge on any atom is 0.303 e. The van der Waals surface area contributed by atoms with E-state index >= 15 is 0 Å². The Morgan fingerprint density at radius 2 is 1.14 bits per heavy atom. The van der Waals surface area contributed by atoms with E-state index in [0.29, 0.717) is 62.8 Å². The number of benzene rings is 1. The maximum atomic E-state index is 14.3. The largest absolute Gasteiger partial charge is 0.481 e. The molecule has 0 bridgehead atoms. The fourth-order valence-corrected chi connectivity index (χ4v) is 10.6. The van der Waals surface area contributed by atoms with Crippen LogP contribution < -0.4 is 65.1 Å². The summed E-state index contributed by atoms with van der Waals surface area (Å²) in [4.78, 5) is 177. The monoisotopic (exact) mass is 1290 g/mol. The van der Waals surface area contributed by atoms with Crippen molar-refractivity contribution in [1.29, 1.82) is 0 Å². The number of unbranched alkanes of at least 4 members (excludes halogenated alkanes) is 1. The first kappa shape index (κ1) is 76.7. The quantitative estimate of drug-likeness (QED) is 0.0273. The Bertz CT molecular complexity index is 2610. The lowest BCUT2D eigenvalue weighted by Crippen LogP contribution is -2.62. The number of aliphatic hydroxyl groups excluding tert-OH is 3. The number of carboxylic acid groups (broad SMARTS) is 1. The van der Waals surface area contributed by atoms with Gasteiger partial charge < -0.3 is 95.3 Å². The number of hydrogen-bond donors (Lipinski definition) is 16. The summed E-state index contributed by atoms with van der Waals surface area (Å²) in [6.45, 7) is 3.88. The molecule has 0 aliphatic carbocycles. The molecule has 12 atom stereocenters. The molecule has 90 heavy (non-hydrogen) atoms. The van der Waals surface area contributed by atoms with Crippen molar-refractivity contribution in [3.05, 3.63) is 35.9 Å². The van der Waals surface area contributed by atoms with Gasteiger partial charge in [0.2, 0.25) is 70.9 Å². The maximum absolute atomic E-state index is 14.3. The molecule has 2 aliphatic heterocycles. The topological polar surface area (TPSA) is 496 Å². The summed E-state index contributed by atoms with van der Waals surface area (Å²) < 4.78 is 0. The highest BCUT2D eigenvalue weighted by molar-refractivity contribution is 7.98. The number of carboxylic acids is 1. The Morgan fingerprint density at radius 1 is 0.622 bits per heavy atom. The molecule has 2 fully saturated rings. The van der Waals surface area contributed by atoms with Crippen molar-refractivity contribution in [3.63, 3.8) is 0 Å². The fourth-order valence-electron chi connectivity index (χ4n) is 10.1. The van der Waals surface area contributed by atoms with E-state index in [2.05, 4.69) is 47.9 Å². The summed E-state index contributed by atoms with van der Waals surface area (Å²) in [5.41, 5.74) is 17.7. The third-order valence-electron chi connectivity index (χ3n) is 15.4. The molecule has 2 aliphatic rings. The van der Waals surface area contributed by atoms with Crippen molar-refractivity contribution in [2.75, 3.05) is 58.0 Å². The lowest BCUT2D eigenvalue weighted by Gasteiger charge is -2.32. The van der Waals surface area contributed by atoms with Crippen LogP contribution in [0, 0.1) is 11.8 Å². The minimum absolute atomic E-state index is 0.0962. The zero-order valence-corrected chi connectivity index (χ0v) is 52.7.